The van der Waals surface area contributed by atoms with Crippen LogP contribution in [0.1, 0.15) is 6.92 Å². The first-order valence-corrected chi connectivity index (χ1v) is 3.70. The Labute approximate surface area is 69.6 Å². The number of rotatable bonds is 0. The van der Waals surface area contributed by atoms with Crippen LogP contribution in [0.4, 0.5) is 5.82 Å². The van der Waals surface area contributed by atoms with Gasteiger partial charge >= 0.3 is 0 Å². The van der Waals surface area contributed by atoms with Gasteiger partial charge in [0.15, 0.2) is 17.7 Å². The summed E-state index contributed by atoms with van der Waals surface area (Å²) < 4.78 is 5.27. The molecule has 0 fully saturated rings. The number of hydrogen-bond acceptors (Lipinski definition) is 3. The van der Waals surface area contributed by atoms with Crippen LogP contribution in [0.15, 0.2) is 18.3 Å². The summed E-state index contributed by atoms with van der Waals surface area (Å²) >= 11 is 0. The van der Waals surface area contributed by atoms with Crippen molar-refractivity contribution in [3.8, 4) is 5.75 Å². The molecular weight excluding hydrogens is 156 g/mol. The van der Waals surface area contributed by atoms with Crippen molar-refractivity contribution in [3.63, 3.8) is 0 Å². The van der Waals surface area contributed by atoms with Gasteiger partial charge < -0.3 is 10.1 Å². The first kappa shape index (κ1) is 7.09. The number of pyridine rings is 1. The lowest BCUT2D eigenvalue weighted by Crippen LogP contribution is -2.34. The van der Waals surface area contributed by atoms with Crippen molar-refractivity contribution < 1.29 is 9.53 Å². The summed E-state index contributed by atoms with van der Waals surface area (Å²) in [5.74, 6) is 0.978. The van der Waals surface area contributed by atoms with Crippen LogP contribution >= 0.6 is 0 Å². The molecular formula is C8H8N2O2. The topological polar surface area (TPSA) is 51.2 Å². The van der Waals surface area contributed by atoms with Gasteiger partial charge in [0, 0.05) is 6.20 Å². The molecule has 0 saturated heterocycles. The normalized spacial score (nSPS) is 20.8. The zero-order valence-corrected chi connectivity index (χ0v) is 6.57. The predicted molar refractivity (Wildman–Crippen MR) is 43.0 cm³/mol. The first-order chi connectivity index (χ1) is 5.77. The van der Waals surface area contributed by atoms with Crippen LogP contribution < -0.4 is 10.1 Å². The van der Waals surface area contributed by atoms with Crippen LogP contribution in [0.3, 0.4) is 0 Å². The number of hydrogen-bond donors (Lipinski definition) is 1. The molecule has 0 radical (unpaired) electrons. The summed E-state index contributed by atoms with van der Waals surface area (Å²) in [6.07, 6.45) is 1.18. The van der Waals surface area contributed by atoms with E-state index in [1.54, 1.807) is 25.3 Å². The highest BCUT2D eigenvalue weighted by Crippen LogP contribution is 2.25. The number of carbonyl (C=O) groups excluding carboxylic acids is 1. The van der Waals surface area contributed by atoms with E-state index in [1.165, 1.54) is 0 Å². The van der Waals surface area contributed by atoms with Gasteiger partial charge in [-0.15, -0.1) is 0 Å². The van der Waals surface area contributed by atoms with Gasteiger partial charge in [0.1, 0.15) is 0 Å². The number of nitrogens with zero attached hydrogens (tertiary/aromatic N) is 1. The Balaban J connectivity index is 2.40. The minimum Gasteiger partial charge on any atom is -0.477 e. The van der Waals surface area contributed by atoms with Crippen molar-refractivity contribution in [1.82, 2.24) is 4.98 Å². The van der Waals surface area contributed by atoms with Gasteiger partial charge in [-0.1, -0.05) is 0 Å². The first-order valence-electron chi connectivity index (χ1n) is 3.70. The van der Waals surface area contributed by atoms with Crippen molar-refractivity contribution in [3.05, 3.63) is 18.3 Å². The second-order valence-corrected chi connectivity index (χ2v) is 2.60. The highest BCUT2D eigenvalue weighted by molar-refractivity contribution is 5.96. The van der Waals surface area contributed by atoms with Crippen LogP contribution in [0.2, 0.25) is 0 Å². The van der Waals surface area contributed by atoms with Crippen LogP contribution in [-0.2, 0) is 4.79 Å². The zero-order chi connectivity index (χ0) is 8.55. The third kappa shape index (κ3) is 1.01. The van der Waals surface area contributed by atoms with Crippen molar-refractivity contribution in [2.45, 2.75) is 13.0 Å². The smallest absolute Gasteiger partial charge is 0.266 e. The molecule has 1 aromatic heterocycles. The Morgan fingerprint density at radius 2 is 2.50 bits per heavy atom. The van der Waals surface area contributed by atoms with Crippen molar-refractivity contribution in [2.24, 2.45) is 0 Å². The Morgan fingerprint density at radius 3 is 3.33 bits per heavy atom. The highest BCUT2D eigenvalue weighted by Gasteiger charge is 2.23. The number of nitrogens with one attached hydrogen (secondary N) is 1. The molecule has 0 saturated carbocycles. The molecule has 1 atom stereocenters. The lowest BCUT2D eigenvalue weighted by atomic mass is 10.3. The van der Waals surface area contributed by atoms with Crippen LogP contribution in [0.25, 0.3) is 0 Å². The Kier molecular flexibility index (Phi) is 1.46. The van der Waals surface area contributed by atoms with Gasteiger partial charge in [-0.25, -0.2) is 4.98 Å². The zero-order valence-electron chi connectivity index (χ0n) is 6.57. The molecule has 0 spiro atoms. The van der Waals surface area contributed by atoms with Crippen molar-refractivity contribution in [1.29, 1.82) is 0 Å². The fraction of sp³-hybridized carbons (Fsp3) is 0.250. The maximum absolute atomic E-state index is 11.1. The van der Waals surface area contributed by atoms with Crippen LogP contribution in [-0.4, -0.2) is 17.0 Å². The summed E-state index contributed by atoms with van der Waals surface area (Å²) in [6.45, 7) is 1.70. The molecule has 1 aliphatic rings. The largest absolute Gasteiger partial charge is 0.477 e. The van der Waals surface area contributed by atoms with Crippen LogP contribution in [0.5, 0.6) is 5.75 Å². The Morgan fingerprint density at radius 1 is 1.67 bits per heavy atom. The fourth-order valence-electron chi connectivity index (χ4n) is 1.04. The molecule has 1 aromatic rings. The quantitative estimate of drug-likeness (QED) is 0.617. The summed E-state index contributed by atoms with van der Waals surface area (Å²) in [7, 11) is 0. The molecule has 1 aliphatic heterocycles. The van der Waals surface area contributed by atoms with E-state index in [2.05, 4.69) is 10.3 Å². The molecule has 2 heterocycles. The number of fused-ring (bicyclic) bond motifs is 1. The standard InChI is InChI=1S/C8H8N2O2/c1-5-8(11)10-7-6(12-5)3-2-4-9-7/h2-5H,1H3,(H,9,10,11). The molecule has 0 bridgehead atoms. The third-order valence-electron chi connectivity index (χ3n) is 1.69. The maximum atomic E-state index is 11.1. The predicted octanol–water partition coefficient (Wildman–Crippen LogP) is 0.801. The number of carbonyl (C=O) groups is 1. The average Bonchev–Trinajstić information content (AvgIpc) is 2.07. The molecule has 62 valence electrons. The highest BCUT2D eigenvalue weighted by atomic mass is 16.5. The molecule has 12 heavy (non-hydrogen) atoms. The van der Waals surface area contributed by atoms with E-state index in [4.69, 9.17) is 4.74 Å². The molecule has 1 N–H and O–H groups in total. The molecule has 2 rings (SSSR count). The summed E-state index contributed by atoms with van der Waals surface area (Å²) in [5.41, 5.74) is 0. The maximum Gasteiger partial charge on any atom is 0.266 e. The minimum absolute atomic E-state index is 0.152. The molecule has 1 amide bonds. The number of amides is 1. The fourth-order valence-corrected chi connectivity index (χ4v) is 1.04. The van der Waals surface area contributed by atoms with E-state index in [0.29, 0.717) is 11.6 Å². The molecule has 0 aromatic carbocycles. The van der Waals surface area contributed by atoms with Gasteiger partial charge in [-0.05, 0) is 19.1 Å². The summed E-state index contributed by atoms with van der Waals surface area (Å²) in [6, 6.07) is 3.54. The van der Waals surface area contributed by atoms with E-state index in [0.717, 1.165) is 0 Å². The SMILES string of the molecule is CC1Oc2cccnc2NC1=O. The monoisotopic (exact) mass is 164 g/mol. The lowest BCUT2D eigenvalue weighted by Gasteiger charge is -2.21. The van der Waals surface area contributed by atoms with Gasteiger partial charge in [0.2, 0.25) is 0 Å². The third-order valence-corrected chi connectivity index (χ3v) is 1.69. The van der Waals surface area contributed by atoms with E-state index >= 15 is 0 Å². The number of aromatic nitrogens is 1. The van der Waals surface area contributed by atoms with E-state index in [1.807, 2.05) is 0 Å². The lowest BCUT2D eigenvalue weighted by molar-refractivity contribution is -0.122. The molecule has 4 nitrogen and oxygen atoms in total. The average molecular weight is 164 g/mol. The van der Waals surface area contributed by atoms with E-state index in [-0.39, 0.29) is 5.91 Å². The van der Waals surface area contributed by atoms with E-state index in [9.17, 15) is 4.79 Å². The summed E-state index contributed by atoms with van der Waals surface area (Å²) in [4.78, 5) is 15.0. The van der Waals surface area contributed by atoms with Gasteiger partial charge in [0.25, 0.3) is 5.91 Å². The minimum atomic E-state index is -0.429. The van der Waals surface area contributed by atoms with Gasteiger partial charge in [-0.2, -0.15) is 0 Å². The molecule has 1 unspecified atom stereocenters. The van der Waals surface area contributed by atoms with Crippen molar-refractivity contribution >= 4 is 11.7 Å². The van der Waals surface area contributed by atoms with Crippen LogP contribution in [0, 0.1) is 0 Å². The summed E-state index contributed by atoms with van der Waals surface area (Å²) in [5, 5.41) is 2.63. The van der Waals surface area contributed by atoms with Gasteiger partial charge in [-0.3, -0.25) is 4.79 Å². The molecule has 4 heteroatoms. The van der Waals surface area contributed by atoms with Gasteiger partial charge in [0.05, 0.1) is 0 Å². The van der Waals surface area contributed by atoms with E-state index < -0.39 is 6.10 Å². The van der Waals surface area contributed by atoms with Crippen molar-refractivity contribution in [2.75, 3.05) is 5.32 Å². The Hall–Kier alpha value is -1.58. The second-order valence-electron chi connectivity index (χ2n) is 2.60. The Bertz CT molecular complexity index is 325. The number of ether oxygens (including phenoxy) is 1. The molecule has 0 aliphatic carbocycles. The number of anilines is 1. The second kappa shape index (κ2) is 2.48.